The van der Waals surface area contributed by atoms with Gasteiger partial charge in [-0.2, -0.15) is 4.98 Å². The van der Waals surface area contributed by atoms with Gasteiger partial charge in [0.25, 0.3) is 0 Å². The number of nitrogens with one attached hydrogen (secondary N) is 2. The first-order chi connectivity index (χ1) is 13.3. The molecule has 1 aliphatic rings. The molecule has 0 spiro atoms. The molecule has 0 aliphatic carbocycles. The van der Waals surface area contributed by atoms with Crippen molar-refractivity contribution in [2.75, 3.05) is 24.6 Å². The lowest BCUT2D eigenvalue weighted by Gasteiger charge is -2.30. The SMILES string of the molecule is [2H]C([2H])([2H])c1nc(NC2CCN(S(=O)(=O)C([2H])([2H])[2H])CC2)nc2[nH]c(=O)ccc12. The first-order valence-electron chi connectivity index (χ1n) is 9.97. The summed E-state index contributed by atoms with van der Waals surface area (Å²) in [5.41, 5.74) is -0.589. The first kappa shape index (κ1) is 9.99. The van der Waals surface area contributed by atoms with Crippen LogP contribution in [0.2, 0.25) is 0 Å². The fraction of sp³-hybridized carbons (Fsp3) is 0.500. The average molecular weight is 343 g/mol. The number of rotatable bonds is 3. The van der Waals surface area contributed by atoms with Gasteiger partial charge in [0, 0.05) is 38.8 Å². The third kappa shape index (κ3) is 3.50. The average Bonchev–Trinajstić information content (AvgIpc) is 2.59. The second-order valence-electron chi connectivity index (χ2n) is 5.30. The Balaban J connectivity index is 1.82. The zero-order valence-corrected chi connectivity index (χ0v) is 12.9. The summed E-state index contributed by atoms with van der Waals surface area (Å²) in [4.78, 5) is 22.3. The first-order valence-corrected chi connectivity index (χ1v) is 8.41. The summed E-state index contributed by atoms with van der Waals surface area (Å²) in [6.45, 7) is -2.54. The highest BCUT2D eigenvalue weighted by atomic mass is 32.2. The summed E-state index contributed by atoms with van der Waals surface area (Å²) >= 11 is 0. The van der Waals surface area contributed by atoms with Gasteiger partial charge >= 0.3 is 0 Å². The number of pyridine rings is 1. The number of anilines is 1. The number of nitrogens with zero attached hydrogens (tertiary/aromatic N) is 3. The molecule has 2 N–H and O–H groups in total. The summed E-state index contributed by atoms with van der Waals surface area (Å²) in [7, 11) is -4.40. The van der Waals surface area contributed by atoms with Crippen LogP contribution in [0.1, 0.15) is 26.8 Å². The van der Waals surface area contributed by atoms with Crippen molar-refractivity contribution in [1.82, 2.24) is 19.3 Å². The maximum absolute atomic E-state index is 12.0. The number of sulfonamides is 1. The van der Waals surface area contributed by atoms with Gasteiger partial charge in [0.2, 0.25) is 21.5 Å². The van der Waals surface area contributed by atoms with E-state index in [2.05, 4.69) is 20.3 Å². The number of H-pyrrole nitrogens is 1. The van der Waals surface area contributed by atoms with Crippen LogP contribution in [0.5, 0.6) is 0 Å². The number of fused-ring (bicyclic) bond motifs is 1. The van der Waals surface area contributed by atoms with E-state index in [1.165, 1.54) is 12.1 Å². The molecule has 0 atom stereocenters. The van der Waals surface area contributed by atoms with Crippen molar-refractivity contribution < 1.29 is 16.6 Å². The molecule has 23 heavy (non-hydrogen) atoms. The second kappa shape index (κ2) is 5.89. The molecular weight excluding hydrogens is 318 g/mol. The van der Waals surface area contributed by atoms with E-state index >= 15 is 0 Å². The molecule has 2 aromatic heterocycles. The van der Waals surface area contributed by atoms with Gasteiger partial charge in [-0.05, 0) is 25.8 Å². The summed E-state index contributed by atoms with van der Waals surface area (Å²) in [6.07, 6.45) is -2.55. The van der Waals surface area contributed by atoms with Crippen LogP contribution in [0.15, 0.2) is 16.9 Å². The minimum atomic E-state index is -4.40. The molecule has 3 heterocycles. The number of aryl methyl sites for hydroxylation is 1. The molecule has 0 radical (unpaired) electrons. The zero-order chi connectivity index (χ0) is 21.6. The van der Waals surface area contributed by atoms with Crippen molar-refractivity contribution in [3.63, 3.8) is 0 Å². The third-order valence-electron chi connectivity index (χ3n) is 3.72. The van der Waals surface area contributed by atoms with Crippen LogP contribution in [0.4, 0.5) is 5.95 Å². The minimum Gasteiger partial charge on any atom is -0.351 e. The Morgan fingerprint density at radius 3 is 2.83 bits per heavy atom. The van der Waals surface area contributed by atoms with Crippen LogP contribution in [0.25, 0.3) is 11.0 Å². The highest BCUT2D eigenvalue weighted by molar-refractivity contribution is 7.88. The van der Waals surface area contributed by atoms with Crippen molar-refractivity contribution in [3.8, 4) is 0 Å². The molecule has 8 nitrogen and oxygen atoms in total. The molecule has 0 aromatic carbocycles. The van der Waals surface area contributed by atoms with Crippen molar-refractivity contribution in [3.05, 3.63) is 28.2 Å². The summed E-state index contributed by atoms with van der Waals surface area (Å²) in [5.74, 6) is -0.0115. The van der Waals surface area contributed by atoms with Gasteiger partial charge < -0.3 is 10.3 Å². The van der Waals surface area contributed by atoms with E-state index in [-0.39, 0.29) is 54.6 Å². The fourth-order valence-corrected chi connectivity index (χ4v) is 3.22. The number of aromatic nitrogens is 3. The van der Waals surface area contributed by atoms with Crippen LogP contribution in [-0.2, 0) is 10.0 Å². The smallest absolute Gasteiger partial charge is 0.249 e. The molecule has 0 saturated carbocycles. The molecule has 9 heteroatoms. The molecule has 3 rings (SSSR count). The molecule has 0 unspecified atom stereocenters. The van der Waals surface area contributed by atoms with Gasteiger partial charge in [-0.1, -0.05) is 0 Å². The van der Waals surface area contributed by atoms with Crippen LogP contribution in [0.3, 0.4) is 0 Å². The maximum atomic E-state index is 12.0. The van der Waals surface area contributed by atoms with Gasteiger partial charge in [0.15, 0.2) is 0 Å². The summed E-state index contributed by atoms with van der Waals surface area (Å²) < 4.78 is 69.5. The van der Waals surface area contributed by atoms with E-state index in [9.17, 15) is 13.2 Å². The van der Waals surface area contributed by atoms with Crippen LogP contribution >= 0.6 is 0 Å². The largest absolute Gasteiger partial charge is 0.351 e. The number of hydrogen-bond acceptors (Lipinski definition) is 6. The Labute approximate surface area is 142 Å². The maximum Gasteiger partial charge on any atom is 0.249 e. The quantitative estimate of drug-likeness (QED) is 0.838. The van der Waals surface area contributed by atoms with Crippen molar-refractivity contribution >= 4 is 27.0 Å². The van der Waals surface area contributed by atoms with Gasteiger partial charge in [0.05, 0.1) is 11.9 Å². The lowest BCUT2D eigenvalue weighted by atomic mass is 10.1. The van der Waals surface area contributed by atoms with E-state index in [1.54, 1.807) is 0 Å². The second-order valence-corrected chi connectivity index (χ2v) is 6.77. The monoisotopic (exact) mass is 343 g/mol. The predicted molar refractivity (Wildman–Crippen MR) is 88.0 cm³/mol. The number of aromatic amines is 1. The third-order valence-corrected chi connectivity index (χ3v) is 4.76. The Morgan fingerprint density at radius 2 is 2.13 bits per heavy atom. The van der Waals surface area contributed by atoms with Crippen molar-refractivity contribution in [2.24, 2.45) is 0 Å². The molecule has 1 fully saturated rings. The van der Waals surface area contributed by atoms with Gasteiger partial charge in [-0.15, -0.1) is 0 Å². The highest BCUT2D eigenvalue weighted by Crippen LogP contribution is 2.18. The molecular formula is C14H19N5O3S. The molecule has 124 valence electrons. The molecule has 2 aromatic rings. The minimum absolute atomic E-state index is 0.00503. The number of hydrogen-bond donors (Lipinski definition) is 2. The van der Waals surface area contributed by atoms with Gasteiger partial charge in [-0.25, -0.2) is 17.7 Å². The Kier molecular flexibility index (Phi) is 2.56. The Morgan fingerprint density at radius 1 is 1.35 bits per heavy atom. The Hall–Kier alpha value is -2.00. The van der Waals surface area contributed by atoms with E-state index < -0.39 is 28.6 Å². The highest BCUT2D eigenvalue weighted by Gasteiger charge is 2.25. The standard InChI is InChI=1S/C14H19N5O3S/c1-9-11-3-4-12(20)17-13(11)18-14(15-9)16-10-5-7-19(8-6-10)23(2,21)22/h3-4,10H,5-8H2,1-2H3,(H2,15,16,17,18,20)/i1D3,2D3. The van der Waals surface area contributed by atoms with E-state index in [0.29, 0.717) is 0 Å². The predicted octanol–water partition coefficient (Wildman–Crippen LogP) is 0.462. The lowest BCUT2D eigenvalue weighted by molar-refractivity contribution is 0.331. The van der Waals surface area contributed by atoms with E-state index in [1.807, 2.05) is 0 Å². The number of piperidine rings is 1. The fourth-order valence-electron chi connectivity index (χ4n) is 2.53. The van der Waals surface area contributed by atoms with E-state index in [0.717, 1.165) is 4.31 Å². The summed E-state index contributed by atoms with van der Waals surface area (Å²) in [6, 6.07) is 2.24. The van der Waals surface area contributed by atoms with Crippen LogP contribution in [-0.4, -0.2) is 53.0 Å². The normalized spacial score (nSPS) is 22.4. The van der Waals surface area contributed by atoms with Crippen molar-refractivity contribution in [2.45, 2.75) is 25.7 Å². The summed E-state index contributed by atoms with van der Waals surface area (Å²) in [5, 5.41) is 3.16. The van der Waals surface area contributed by atoms with Crippen LogP contribution in [0, 0.1) is 6.85 Å². The molecule has 1 aliphatic heterocycles. The lowest BCUT2D eigenvalue weighted by Crippen LogP contribution is -2.42. The topological polar surface area (TPSA) is 108 Å². The molecule has 1 saturated heterocycles. The Bertz CT molecular complexity index is 1070. The molecule has 0 bridgehead atoms. The zero-order valence-electron chi connectivity index (χ0n) is 18.0. The van der Waals surface area contributed by atoms with Crippen LogP contribution < -0.4 is 10.9 Å². The van der Waals surface area contributed by atoms with Crippen molar-refractivity contribution in [1.29, 1.82) is 0 Å². The van der Waals surface area contributed by atoms with Gasteiger partial charge in [-0.3, -0.25) is 4.79 Å². The van der Waals surface area contributed by atoms with Gasteiger partial charge in [0.1, 0.15) is 5.65 Å². The van der Waals surface area contributed by atoms with E-state index in [4.69, 9.17) is 8.22 Å². The molecule has 0 amide bonds.